The molecule has 0 spiro atoms. The summed E-state index contributed by atoms with van der Waals surface area (Å²) < 4.78 is 6.45. The Morgan fingerprint density at radius 3 is 2.15 bits per heavy atom. The molecule has 26 heavy (non-hydrogen) atoms. The Morgan fingerprint density at radius 2 is 1.65 bits per heavy atom. The van der Waals surface area contributed by atoms with Gasteiger partial charge in [0.15, 0.2) is 0 Å². The molecular weight excluding hydrogens is 402 g/mol. The molecule has 0 heterocycles. The maximum atomic E-state index is 9.10. The molecule has 0 aliphatic carbocycles. The van der Waals surface area contributed by atoms with E-state index in [0.717, 1.165) is 28.0 Å². The second kappa shape index (κ2) is 9.82. The number of ether oxygens (including phenoxy) is 1. The van der Waals surface area contributed by atoms with Crippen molar-refractivity contribution in [3.8, 4) is 5.75 Å². The summed E-state index contributed by atoms with van der Waals surface area (Å²) in [5.41, 5.74) is 6.05. The van der Waals surface area contributed by atoms with E-state index in [1.54, 1.807) is 7.11 Å². The number of rotatable bonds is 4. The molecule has 0 atom stereocenters. The first-order chi connectivity index (χ1) is 12.1. The number of carboxylic acids is 2. The van der Waals surface area contributed by atoms with Crippen molar-refractivity contribution in [2.45, 2.75) is 27.3 Å². The highest BCUT2D eigenvalue weighted by Crippen LogP contribution is 2.26. The highest BCUT2D eigenvalue weighted by atomic mass is 79.9. The van der Waals surface area contributed by atoms with Crippen LogP contribution in [0.25, 0.3) is 0 Å². The molecule has 0 radical (unpaired) electrons. The predicted octanol–water partition coefficient (Wildman–Crippen LogP) is 4.15. The summed E-state index contributed by atoms with van der Waals surface area (Å²) >= 11 is 3.59. The van der Waals surface area contributed by atoms with Crippen molar-refractivity contribution in [1.82, 2.24) is 0 Å². The van der Waals surface area contributed by atoms with Gasteiger partial charge < -0.3 is 20.3 Å². The fourth-order valence-electron chi connectivity index (χ4n) is 2.21. The predicted molar refractivity (Wildman–Crippen MR) is 104 cm³/mol. The largest absolute Gasteiger partial charge is 0.496 e. The van der Waals surface area contributed by atoms with Gasteiger partial charge in [-0.25, -0.2) is 9.59 Å². The van der Waals surface area contributed by atoms with Gasteiger partial charge in [0, 0.05) is 16.7 Å². The minimum absolute atomic E-state index is 0.804. The second-order valence-electron chi connectivity index (χ2n) is 5.70. The number of aryl methyl sites for hydroxylation is 3. The van der Waals surface area contributed by atoms with Gasteiger partial charge in [-0.3, -0.25) is 0 Å². The molecule has 0 saturated heterocycles. The molecule has 0 unspecified atom stereocenters. The topological polar surface area (TPSA) is 95.9 Å². The van der Waals surface area contributed by atoms with E-state index in [-0.39, 0.29) is 0 Å². The summed E-state index contributed by atoms with van der Waals surface area (Å²) in [6, 6.07) is 10.6. The third kappa shape index (κ3) is 6.40. The van der Waals surface area contributed by atoms with Crippen LogP contribution in [0.1, 0.15) is 22.3 Å². The average Bonchev–Trinajstić information content (AvgIpc) is 2.57. The lowest BCUT2D eigenvalue weighted by atomic mass is 10.0. The first kappa shape index (κ1) is 21.5. The lowest BCUT2D eigenvalue weighted by molar-refractivity contribution is -0.159. The third-order valence-corrected chi connectivity index (χ3v) is 4.29. The van der Waals surface area contributed by atoms with Gasteiger partial charge in [0.25, 0.3) is 0 Å². The van der Waals surface area contributed by atoms with E-state index < -0.39 is 11.9 Å². The molecule has 3 N–H and O–H groups in total. The first-order valence-electron chi connectivity index (χ1n) is 7.76. The number of halogens is 1. The number of aliphatic carboxylic acids is 2. The van der Waals surface area contributed by atoms with Crippen molar-refractivity contribution in [2.24, 2.45) is 0 Å². The minimum atomic E-state index is -1.82. The third-order valence-electron chi connectivity index (χ3n) is 3.63. The van der Waals surface area contributed by atoms with Crippen LogP contribution in [-0.4, -0.2) is 29.3 Å². The summed E-state index contributed by atoms with van der Waals surface area (Å²) in [5, 5.41) is 18.3. The van der Waals surface area contributed by atoms with Crippen molar-refractivity contribution in [2.75, 3.05) is 12.4 Å². The summed E-state index contributed by atoms with van der Waals surface area (Å²) in [5.74, 6) is -2.70. The van der Waals surface area contributed by atoms with E-state index >= 15 is 0 Å². The number of hydrogen-bond donors (Lipinski definition) is 3. The van der Waals surface area contributed by atoms with E-state index in [1.165, 1.54) is 16.7 Å². The van der Waals surface area contributed by atoms with Crippen LogP contribution in [0.5, 0.6) is 5.75 Å². The average molecular weight is 424 g/mol. The van der Waals surface area contributed by atoms with Crippen LogP contribution in [0.3, 0.4) is 0 Å². The lowest BCUT2D eigenvalue weighted by Gasteiger charge is -2.14. The van der Waals surface area contributed by atoms with Crippen molar-refractivity contribution in [3.63, 3.8) is 0 Å². The SMILES string of the molecule is COc1cc(C)c(CNc2ccc(C)cc2Br)cc1C.O=C(O)C(=O)O. The first-order valence-corrected chi connectivity index (χ1v) is 8.55. The normalized spacial score (nSPS) is 9.73. The number of nitrogens with one attached hydrogen (secondary N) is 1. The number of benzene rings is 2. The molecule has 0 aliphatic rings. The van der Waals surface area contributed by atoms with E-state index in [2.05, 4.69) is 72.3 Å². The fourth-order valence-corrected chi connectivity index (χ4v) is 2.85. The highest BCUT2D eigenvalue weighted by Gasteiger charge is 2.06. The number of hydrogen-bond acceptors (Lipinski definition) is 4. The minimum Gasteiger partial charge on any atom is -0.496 e. The van der Waals surface area contributed by atoms with Crippen molar-refractivity contribution >= 4 is 33.6 Å². The quantitative estimate of drug-likeness (QED) is 0.639. The highest BCUT2D eigenvalue weighted by molar-refractivity contribution is 9.10. The number of anilines is 1. The molecule has 6 nitrogen and oxygen atoms in total. The molecule has 0 aromatic heterocycles. The van der Waals surface area contributed by atoms with Gasteiger partial charge in [-0.2, -0.15) is 0 Å². The molecule has 2 aromatic carbocycles. The van der Waals surface area contributed by atoms with Crippen LogP contribution in [0.4, 0.5) is 5.69 Å². The smallest absolute Gasteiger partial charge is 0.414 e. The van der Waals surface area contributed by atoms with Crippen LogP contribution in [0.15, 0.2) is 34.8 Å². The zero-order valence-electron chi connectivity index (χ0n) is 15.1. The monoisotopic (exact) mass is 423 g/mol. The van der Waals surface area contributed by atoms with E-state index in [1.807, 2.05) is 0 Å². The van der Waals surface area contributed by atoms with Gasteiger partial charge in [-0.05, 0) is 77.2 Å². The Morgan fingerprint density at radius 1 is 1.04 bits per heavy atom. The Kier molecular flexibility index (Phi) is 8.12. The molecule has 140 valence electrons. The van der Waals surface area contributed by atoms with Gasteiger partial charge in [0.2, 0.25) is 0 Å². The molecule has 0 amide bonds. The zero-order valence-corrected chi connectivity index (χ0v) is 16.7. The molecule has 0 fully saturated rings. The van der Waals surface area contributed by atoms with E-state index in [4.69, 9.17) is 24.5 Å². The molecule has 2 rings (SSSR count). The molecule has 0 bridgehead atoms. The van der Waals surface area contributed by atoms with Crippen molar-refractivity contribution < 1.29 is 24.5 Å². The van der Waals surface area contributed by atoms with Gasteiger partial charge >= 0.3 is 11.9 Å². The number of carbonyl (C=O) groups is 2. The van der Waals surface area contributed by atoms with Gasteiger partial charge in [-0.15, -0.1) is 0 Å². The van der Waals surface area contributed by atoms with Crippen LogP contribution in [0.2, 0.25) is 0 Å². The molecule has 0 aliphatic heterocycles. The van der Waals surface area contributed by atoms with Crippen LogP contribution in [-0.2, 0) is 16.1 Å². The lowest BCUT2D eigenvalue weighted by Crippen LogP contribution is -2.09. The van der Waals surface area contributed by atoms with Gasteiger partial charge in [0.05, 0.1) is 7.11 Å². The van der Waals surface area contributed by atoms with Gasteiger partial charge in [-0.1, -0.05) is 12.1 Å². The van der Waals surface area contributed by atoms with E-state index in [9.17, 15) is 0 Å². The maximum Gasteiger partial charge on any atom is 0.414 e. The number of carboxylic acid groups (broad SMARTS) is 2. The van der Waals surface area contributed by atoms with Crippen LogP contribution in [0, 0.1) is 20.8 Å². The second-order valence-corrected chi connectivity index (χ2v) is 6.55. The maximum absolute atomic E-state index is 9.10. The van der Waals surface area contributed by atoms with Crippen molar-refractivity contribution in [1.29, 1.82) is 0 Å². The molecular formula is C19H22BrNO5. The van der Waals surface area contributed by atoms with Crippen LogP contribution >= 0.6 is 15.9 Å². The standard InChI is InChI=1S/C17H20BrNO.C2H2O4/c1-11-5-6-16(15(18)7-11)19-10-14-8-13(3)17(20-4)9-12(14)2;3-1(4)2(5)6/h5-9,19H,10H2,1-4H3;(H,3,4)(H,5,6). The Hall–Kier alpha value is -2.54. The summed E-state index contributed by atoms with van der Waals surface area (Å²) in [6.45, 7) is 7.08. The molecule has 0 saturated carbocycles. The summed E-state index contributed by atoms with van der Waals surface area (Å²) in [7, 11) is 1.71. The van der Waals surface area contributed by atoms with Gasteiger partial charge in [0.1, 0.15) is 5.75 Å². The Balaban J connectivity index is 0.000000487. The zero-order chi connectivity index (χ0) is 19.9. The van der Waals surface area contributed by atoms with Crippen LogP contribution < -0.4 is 10.1 Å². The number of methoxy groups -OCH3 is 1. The molecule has 2 aromatic rings. The Labute approximate surface area is 160 Å². The summed E-state index contributed by atoms with van der Waals surface area (Å²) in [6.07, 6.45) is 0. The van der Waals surface area contributed by atoms with Crippen molar-refractivity contribution in [3.05, 3.63) is 57.1 Å². The molecule has 7 heteroatoms. The summed E-state index contributed by atoms with van der Waals surface area (Å²) in [4.78, 5) is 18.2. The van der Waals surface area contributed by atoms with E-state index in [0.29, 0.717) is 0 Å². The Bertz CT molecular complexity index is 793. The fraction of sp³-hybridized carbons (Fsp3) is 0.263.